The molecule has 6 heteroatoms. The number of aliphatic carboxylic acids is 1. The van der Waals surface area contributed by atoms with Gasteiger partial charge >= 0.3 is 5.97 Å². The Morgan fingerprint density at radius 1 is 1.07 bits per heavy atom. The van der Waals surface area contributed by atoms with Crippen molar-refractivity contribution in [3.05, 3.63) is 70.7 Å². The minimum Gasteiger partial charge on any atom is -0.481 e. The van der Waals surface area contributed by atoms with E-state index in [1.165, 1.54) is 0 Å². The van der Waals surface area contributed by atoms with E-state index in [4.69, 9.17) is 11.6 Å². The third-order valence-electron chi connectivity index (χ3n) is 6.78. The highest BCUT2D eigenvalue weighted by Crippen LogP contribution is 2.55. The number of carbonyl (C=O) groups excluding carboxylic acids is 1. The van der Waals surface area contributed by atoms with Gasteiger partial charge < -0.3 is 15.3 Å². The first-order valence-corrected chi connectivity index (χ1v) is 10.8. The molecule has 0 bridgehead atoms. The fraction of sp³-hybridized carbons (Fsp3) is 0.417. The van der Waals surface area contributed by atoms with E-state index in [1.807, 2.05) is 30.3 Å². The molecular formula is C24H27ClN2O3. The molecule has 2 aliphatic rings. The molecule has 0 radical (unpaired) electrons. The minimum atomic E-state index is -0.809. The Labute approximate surface area is 182 Å². The first-order chi connectivity index (χ1) is 14.4. The lowest BCUT2D eigenvalue weighted by Crippen LogP contribution is -2.53. The normalized spacial score (nSPS) is 25.5. The predicted octanol–water partition coefficient (Wildman–Crippen LogP) is 3.81. The van der Waals surface area contributed by atoms with Crippen LogP contribution in [0.3, 0.4) is 0 Å². The highest BCUT2D eigenvalue weighted by molar-refractivity contribution is 6.30. The SMILES string of the molecule is CC(=O)NC1(c2ccccc2)CCN(CC2CC2(C(=O)O)c2ccc(Cl)cc2)CC1. The number of carboxylic acids is 1. The quantitative estimate of drug-likeness (QED) is 0.736. The van der Waals surface area contributed by atoms with Crippen LogP contribution in [-0.4, -0.2) is 41.5 Å². The summed E-state index contributed by atoms with van der Waals surface area (Å²) in [6.07, 6.45) is 2.27. The third kappa shape index (κ3) is 3.84. The number of nitrogens with zero attached hydrogens (tertiary/aromatic N) is 1. The number of halogens is 1. The Hall–Kier alpha value is -2.37. The van der Waals surface area contributed by atoms with Gasteiger partial charge in [0.15, 0.2) is 0 Å². The molecule has 2 unspecified atom stereocenters. The van der Waals surface area contributed by atoms with Crippen molar-refractivity contribution in [1.29, 1.82) is 0 Å². The maximum absolute atomic E-state index is 12.1. The number of carbonyl (C=O) groups is 2. The van der Waals surface area contributed by atoms with Crippen LogP contribution < -0.4 is 5.32 Å². The zero-order valence-corrected chi connectivity index (χ0v) is 17.9. The zero-order chi connectivity index (χ0) is 21.4. The van der Waals surface area contributed by atoms with Gasteiger partial charge in [-0.15, -0.1) is 0 Å². The molecule has 2 N–H and O–H groups in total. The van der Waals surface area contributed by atoms with Gasteiger partial charge in [-0.1, -0.05) is 54.1 Å². The zero-order valence-electron chi connectivity index (χ0n) is 17.1. The van der Waals surface area contributed by atoms with E-state index in [0.29, 0.717) is 11.4 Å². The van der Waals surface area contributed by atoms with Gasteiger partial charge in [-0.2, -0.15) is 0 Å². The number of piperidine rings is 1. The van der Waals surface area contributed by atoms with Crippen LogP contribution in [0.2, 0.25) is 5.02 Å². The van der Waals surface area contributed by atoms with Gasteiger partial charge in [-0.05, 0) is 48.4 Å². The molecule has 1 amide bonds. The molecule has 4 rings (SSSR count). The summed E-state index contributed by atoms with van der Waals surface area (Å²) in [5.74, 6) is -0.702. The molecule has 1 saturated carbocycles. The number of likely N-dealkylation sites (tertiary alicyclic amines) is 1. The van der Waals surface area contributed by atoms with Crippen LogP contribution in [0.15, 0.2) is 54.6 Å². The van der Waals surface area contributed by atoms with Crippen molar-refractivity contribution in [1.82, 2.24) is 10.2 Å². The molecule has 30 heavy (non-hydrogen) atoms. The highest BCUT2D eigenvalue weighted by Gasteiger charge is 2.61. The van der Waals surface area contributed by atoms with Crippen LogP contribution in [0, 0.1) is 5.92 Å². The first kappa shape index (κ1) is 20.9. The summed E-state index contributed by atoms with van der Waals surface area (Å²) in [4.78, 5) is 26.4. The summed E-state index contributed by atoms with van der Waals surface area (Å²) in [5.41, 5.74) is 0.800. The number of benzene rings is 2. The van der Waals surface area contributed by atoms with Crippen molar-refractivity contribution in [2.24, 2.45) is 5.92 Å². The maximum Gasteiger partial charge on any atom is 0.314 e. The monoisotopic (exact) mass is 426 g/mol. The molecule has 2 aromatic carbocycles. The molecule has 0 aromatic heterocycles. The standard InChI is InChI=1S/C24H27ClN2O3/c1-17(28)26-23(18-5-3-2-4-6-18)11-13-27(14-12-23)16-20-15-24(20,22(29)30)19-7-9-21(25)10-8-19/h2-10,20H,11-16H2,1H3,(H,26,28)(H,29,30). The van der Waals surface area contributed by atoms with Crippen LogP contribution in [0.25, 0.3) is 0 Å². The molecule has 1 aliphatic heterocycles. The second-order valence-corrected chi connectivity index (χ2v) is 9.05. The predicted molar refractivity (Wildman–Crippen MR) is 116 cm³/mol. The van der Waals surface area contributed by atoms with E-state index in [-0.39, 0.29) is 17.4 Å². The summed E-state index contributed by atoms with van der Waals surface area (Å²) in [6.45, 7) is 3.96. The van der Waals surface area contributed by atoms with Gasteiger partial charge in [0.1, 0.15) is 0 Å². The molecular weight excluding hydrogens is 400 g/mol. The lowest BCUT2D eigenvalue weighted by atomic mass is 9.80. The summed E-state index contributed by atoms with van der Waals surface area (Å²) < 4.78 is 0. The maximum atomic E-state index is 12.1. The minimum absolute atomic E-state index is 0.0258. The van der Waals surface area contributed by atoms with Crippen LogP contribution in [0.4, 0.5) is 0 Å². The topological polar surface area (TPSA) is 69.6 Å². The summed E-state index contributed by atoms with van der Waals surface area (Å²) >= 11 is 5.98. The van der Waals surface area contributed by atoms with Crippen LogP contribution in [0.5, 0.6) is 0 Å². The van der Waals surface area contributed by atoms with E-state index in [1.54, 1.807) is 19.1 Å². The average molecular weight is 427 g/mol. The molecule has 1 heterocycles. The lowest BCUT2D eigenvalue weighted by Gasteiger charge is -2.43. The highest BCUT2D eigenvalue weighted by atomic mass is 35.5. The van der Waals surface area contributed by atoms with Gasteiger partial charge in [0.05, 0.1) is 11.0 Å². The number of hydrogen-bond acceptors (Lipinski definition) is 3. The summed E-state index contributed by atoms with van der Waals surface area (Å²) in [7, 11) is 0. The number of rotatable bonds is 6. The van der Waals surface area contributed by atoms with Gasteiger partial charge in [0, 0.05) is 31.6 Å². The van der Waals surface area contributed by atoms with E-state index < -0.39 is 11.4 Å². The number of amides is 1. The third-order valence-corrected chi connectivity index (χ3v) is 7.03. The fourth-order valence-corrected chi connectivity index (χ4v) is 5.17. The number of carboxylic acid groups (broad SMARTS) is 1. The molecule has 2 atom stereocenters. The average Bonchev–Trinajstić information content (AvgIpc) is 3.45. The van der Waals surface area contributed by atoms with E-state index in [0.717, 1.165) is 43.6 Å². The fourth-order valence-electron chi connectivity index (χ4n) is 5.05. The Morgan fingerprint density at radius 3 is 2.27 bits per heavy atom. The molecule has 5 nitrogen and oxygen atoms in total. The van der Waals surface area contributed by atoms with Crippen LogP contribution >= 0.6 is 11.6 Å². The molecule has 1 saturated heterocycles. The summed E-state index contributed by atoms with van der Waals surface area (Å²) in [5, 5.41) is 13.8. The lowest BCUT2D eigenvalue weighted by molar-refractivity contribution is -0.140. The van der Waals surface area contributed by atoms with E-state index in [2.05, 4.69) is 22.3 Å². The molecule has 1 aliphatic carbocycles. The second kappa shape index (κ2) is 8.05. The van der Waals surface area contributed by atoms with Crippen molar-refractivity contribution < 1.29 is 14.7 Å². The molecule has 0 spiro atoms. The van der Waals surface area contributed by atoms with Crippen LogP contribution in [-0.2, 0) is 20.5 Å². The van der Waals surface area contributed by atoms with Gasteiger partial charge in [0.2, 0.25) is 5.91 Å². The molecule has 2 fully saturated rings. The van der Waals surface area contributed by atoms with Gasteiger partial charge in [0.25, 0.3) is 0 Å². The number of hydrogen-bond donors (Lipinski definition) is 2. The van der Waals surface area contributed by atoms with Crippen molar-refractivity contribution in [3.63, 3.8) is 0 Å². The Balaban J connectivity index is 1.45. The Morgan fingerprint density at radius 2 is 1.70 bits per heavy atom. The van der Waals surface area contributed by atoms with Gasteiger partial charge in [-0.3, -0.25) is 9.59 Å². The van der Waals surface area contributed by atoms with Crippen molar-refractivity contribution in [2.75, 3.05) is 19.6 Å². The first-order valence-electron chi connectivity index (χ1n) is 10.4. The Bertz CT molecular complexity index is 923. The smallest absolute Gasteiger partial charge is 0.314 e. The van der Waals surface area contributed by atoms with Crippen LogP contribution in [0.1, 0.15) is 37.3 Å². The largest absolute Gasteiger partial charge is 0.481 e. The number of nitrogens with one attached hydrogen (secondary N) is 1. The van der Waals surface area contributed by atoms with Gasteiger partial charge in [-0.25, -0.2) is 0 Å². The van der Waals surface area contributed by atoms with Crippen molar-refractivity contribution in [3.8, 4) is 0 Å². The second-order valence-electron chi connectivity index (χ2n) is 8.61. The molecule has 2 aromatic rings. The van der Waals surface area contributed by atoms with E-state index >= 15 is 0 Å². The molecule has 158 valence electrons. The van der Waals surface area contributed by atoms with Crippen molar-refractivity contribution in [2.45, 2.75) is 37.1 Å². The van der Waals surface area contributed by atoms with Crippen molar-refractivity contribution >= 4 is 23.5 Å². The summed E-state index contributed by atoms with van der Waals surface area (Å²) in [6, 6.07) is 17.3. The Kier molecular flexibility index (Phi) is 5.60. The van der Waals surface area contributed by atoms with E-state index in [9.17, 15) is 14.7 Å².